The molecule has 100 valence electrons. The van der Waals surface area contributed by atoms with Crippen LogP contribution < -0.4 is 5.73 Å². The number of nitrogens with zero attached hydrogens (tertiary/aromatic N) is 2. The van der Waals surface area contributed by atoms with Crippen LogP contribution >= 0.6 is 0 Å². The molecule has 3 heteroatoms. The molecule has 0 amide bonds. The summed E-state index contributed by atoms with van der Waals surface area (Å²) in [6.45, 7) is 9.47. The van der Waals surface area contributed by atoms with Crippen LogP contribution in [-0.2, 0) is 0 Å². The van der Waals surface area contributed by atoms with Crippen molar-refractivity contribution >= 4 is 0 Å². The van der Waals surface area contributed by atoms with Crippen molar-refractivity contribution in [3.63, 3.8) is 0 Å². The summed E-state index contributed by atoms with van der Waals surface area (Å²) in [6.07, 6.45) is 6.64. The van der Waals surface area contributed by atoms with Gasteiger partial charge in [0.15, 0.2) is 0 Å². The number of nitrogens with two attached hydrogens (primary N) is 1. The molecule has 2 fully saturated rings. The van der Waals surface area contributed by atoms with E-state index in [0.29, 0.717) is 18.1 Å². The minimum Gasteiger partial charge on any atom is -0.326 e. The van der Waals surface area contributed by atoms with E-state index in [-0.39, 0.29) is 0 Å². The SMILES string of the molecule is CCN1CCN(C2CCCCCC2N)CC1C. The zero-order chi connectivity index (χ0) is 12.3. The van der Waals surface area contributed by atoms with Crippen LogP contribution in [0.2, 0.25) is 0 Å². The van der Waals surface area contributed by atoms with Crippen LogP contribution in [0, 0.1) is 0 Å². The van der Waals surface area contributed by atoms with Gasteiger partial charge >= 0.3 is 0 Å². The van der Waals surface area contributed by atoms with Gasteiger partial charge in [-0.3, -0.25) is 9.80 Å². The van der Waals surface area contributed by atoms with Gasteiger partial charge < -0.3 is 5.73 Å². The Morgan fingerprint density at radius 2 is 1.88 bits per heavy atom. The molecule has 1 aliphatic heterocycles. The molecule has 0 bridgehead atoms. The van der Waals surface area contributed by atoms with Gasteiger partial charge in [0, 0.05) is 37.8 Å². The van der Waals surface area contributed by atoms with E-state index in [0.717, 1.165) is 0 Å². The largest absolute Gasteiger partial charge is 0.326 e. The minimum absolute atomic E-state index is 0.415. The summed E-state index contributed by atoms with van der Waals surface area (Å²) >= 11 is 0. The summed E-state index contributed by atoms with van der Waals surface area (Å²) in [5.41, 5.74) is 6.37. The van der Waals surface area contributed by atoms with Crippen molar-refractivity contribution in [1.29, 1.82) is 0 Å². The summed E-state index contributed by atoms with van der Waals surface area (Å²) in [5, 5.41) is 0. The Hall–Kier alpha value is -0.120. The number of piperazine rings is 1. The molecule has 3 atom stereocenters. The molecule has 3 unspecified atom stereocenters. The van der Waals surface area contributed by atoms with Gasteiger partial charge in [-0.25, -0.2) is 0 Å². The standard InChI is InChI=1S/C14H29N3/c1-3-16-9-10-17(11-12(16)2)14-8-6-4-5-7-13(14)15/h12-14H,3-11,15H2,1-2H3. The number of likely N-dealkylation sites (N-methyl/N-ethyl adjacent to an activating group) is 1. The second kappa shape index (κ2) is 6.17. The lowest BCUT2D eigenvalue weighted by molar-refractivity contribution is 0.0480. The lowest BCUT2D eigenvalue weighted by atomic mass is 10.00. The van der Waals surface area contributed by atoms with Gasteiger partial charge in [-0.15, -0.1) is 0 Å². The van der Waals surface area contributed by atoms with Crippen molar-refractivity contribution in [3.8, 4) is 0 Å². The predicted octanol–water partition coefficient (Wildman–Crippen LogP) is 1.67. The highest BCUT2D eigenvalue weighted by Gasteiger charge is 2.31. The fraction of sp³-hybridized carbons (Fsp3) is 1.00. The van der Waals surface area contributed by atoms with E-state index in [1.807, 2.05) is 0 Å². The van der Waals surface area contributed by atoms with Crippen molar-refractivity contribution in [1.82, 2.24) is 9.80 Å². The Morgan fingerprint density at radius 1 is 1.12 bits per heavy atom. The molecule has 1 saturated heterocycles. The highest BCUT2D eigenvalue weighted by Crippen LogP contribution is 2.23. The molecule has 2 N–H and O–H groups in total. The van der Waals surface area contributed by atoms with Gasteiger partial charge in [0.05, 0.1) is 0 Å². The summed E-state index contributed by atoms with van der Waals surface area (Å²) in [6, 6.07) is 1.76. The quantitative estimate of drug-likeness (QED) is 0.744. The van der Waals surface area contributed by atoms with Gasteiger partial charge in [0.2, 0.25) is 0 Å². The number of hydrogen-bond donors (Lipinski definition) is 1. The van der Waals surface area contributed by atoms with Crippen molar-refractivity contribution < 1.29 is 0 Å². The van der Waals surface area contributed by atoms with Gasteiger partial charge in [0.25, 0.3) is 0 Å². The fourth-order valence-corrected chi connectivity index (χ4v) is 3.56. The zero-order valence-electron chi connectivity index (χ0n) is 11.6. The first-order valence-electron chi connectivity index (χ1n) is 7.46. The minimum atomic E-state index is 0.415. The van der Waals surface area contributed by atoms with Gasteiger partial charge in [-0.05, 0) is 26.3 Å². The Kier molecular flexibility index (Phi) is 4.83. The van der Waals surface area contributed by atoms with E-state index in [1.54, 1.807) is 0 Å². The van der Waals surface area contributed by atoms with Crippen LogP contribution in [-0.4, -0.2) is 54.1 Å². The van der Waals surface area contributed by atoms with Crippen LogP contribution in [0.15, 0.2) is 0 Å². The van der Waals surface area contributed by atoms with Crippen LogP contribution in [0.1, 0.15) is 46.0 Å². The van der Waals surface area contributed by atoms with E-state index < -0.39 is 0 Å². The summed E-state index contributed by atoms with van der Waals surface area (Å²) < 4.78 is 0. The van der Waals surface area contributed by atoms with E-state index in [1.165, 1.54) is 58.3 Å². The van der Waals surface area contributed by atoms with E-state index in [2.05, 4.69) is 23.6 Å². The maximum absolute atomic E-state index is 6.37. The molecular formula is C14H29N3. The average molecular weight is 239 g/mol. The Balaban J connectivity index is 1.93. The van der Waals surface area contributed by atoms with Crippen molar-refractivity contribution in [2.24, 2.45) is 5.73 Å². The van der Waals surface area contributed by atoms with Crippen molar-refractivity contribution in [2.45, 2.75) is 64.1 Å². The molecule has 3 nitrogen and oxygen atoms in total. The zero-order valence-corrected chi connectivity index (χ0v) is 11.6. The van der Waals surface area contributed by atoms with Gasteiger partial charge in [0.1, 0.15) is 0 Å². The van der Waals surface area contributed by atoms with Crippen LogP contribution in [0.4, 0.5) is 0 Å². The first-order chi connectivity index (χ1) is 8.22. The molecule has 2 rings (SSSR count). The average Bonchev–Trinajstić information content (AvgIpc) is 2.54. The highest BCUT2D eigenvalue weighted by molar-refractivity contribution is 4.89. The highest BCUT2D eigenvalue weighted by atomic mass is 15.3. The lowest BCUT2D eigenvalue weighted by Gasteiger charge is -2.44. The second-order valence-electron chi connectivity index (χ2n) is 5.84. The summed E-state index contributed by atoms with van der Waals surface area (Å²) in [7, 11) is 0. The molecule has 2 aliphatic rings. The third-order valence-electron chi connectivity index (χ3n) is 4.70. The molecule has 0 spiro atoms. The van der Waals surface area contributed by atoms with Crippen molar-refractivity contribution in [3.05, 3.63) is 0 Å². The lowest BCUT2D eigenvalue weighted by Crippen LogP contribution is -2.58. The van der Waals surface area contributed by atoms with Gasteiger partial charge in [-0.1, -0.05) is 26.2 Å². The molecule has 0 aromatic heterocycles. The van der Waals surface area contributed by atoms with Crippen LogP contribution in [0.5, 0.6) is 0 Å². The van der Waals surface area contributed by atoms with E-state index >= 15 is 0 Å². The second-order valence-corrected chi connectivity index (χ2v) is 5.84. The molecule has 1 heterocycles. The maximum atomic E-state index is 6.37. The Labute approximate surface area is 106 Å². The smallest absolute Gasteiger partial charge is 0.0248 e. The number of rotatable bonds is 2. The molecule has 17 heavy (non-hydrogen) atoms. The molecule has 0 aromatic carbocycles. The van der Waals surface area contributed by atoms with E-state index in [9.17, 15) is 0 Å². The monoisotopic (exact) mass is 239 g/mol. The third kappa shape index (κ3) is 3.21. The topological polar surface area (TPSA) is 32.5 Å². The fourth-order valence-electron chi connectivity index (χ4n) is 3.56. The summed E-state index contributed by atoms with van der Waals surface area (Å²) in [5.74, 6) is 0. The Bertz CT molecular complexity index is 232. The first kappa shape index (κ1) is 13.3. The van der Waals surface area contributed by atoms with Crippen molar-refractivity contribution in [2.75, 3.05) is 26.2 Å². The molecular weight excluding hydrogens is 210 g/mol. The van der Waals surface area contributed by atoms with Crippen LogP contribution in [0.25, 0.3) is 0 Å². The molecule has 0 radical (unpaired) electrons. The van der Waals surface area contributed by atoms with E-state index in [4.69, 9.17) is 5.73 Å². The Morgan fingerprint density at radius 3 is 2.59 bits per heavy atom. The maximum Gasteiger partial charge on any atom is 0.0248 e. The first-order valence-corrected chi connectivity index (χ1v) is 7.46. The normalized spacial score (nSPS) is 37.9. The summed E-state index contributed by atoms with van der Waals surface area (Å²) in [4.78, 5) is 5.26. The third-order valence-corrected chi connectivity index (χ3v) is 4.70. The van der Waals surface area contributed by atoms with Crippen LogP contribution in [0.3, 0.4) is 0 Å². The number of hydrogen-bond acceptors (Lipinski definition) is 3. The molecule has 1 saturated carbocycles. The van der Waals surface area contributed by atoms with Gasteiger partial charge in [-0.2, -0.15) is 0 Å². The molecule has 1 aliphatic carbocycles. The predicted molar refractivity (Wildman–Crippen MR) is 73.1 cm³/mol. The molecule has 0 aromatic rings.